The van der Waals surface area contributed by atoms with Crippen LogP contribution in [0.3, 0.4) is 0 Å². The van der Waals surface area contributed by atoms with E-state index in [4.69, 9.17) is 0 Å². The fraction of sp³-hybridized carbons (Fsp3) is 0. The summed E-state index contributed by atoms with van der Waals surface area (Å²) in [6, 6.07) is 23.7. The lowest BCUT2D eigenvalue weighted by atomic mass is 9.97. The van der Waals surface area contributed by atoms with E-state index in [2.05, 4.69) is 87.6 Å². The molecule has 0 spiro atoms. The Hall–Kier alpha value is -2.32. The number of hydrogen-bond donors (Lipinski definition) is 1. The monoisotopic (exact) mass is 345 g/mol. The molecule has 1 N–H and O–H groups in total. The molecule has 0 radical (unpaired) electrons. The first-order valence-electron chi connectivity index (χ1n) is 7.33. The van der Waals surface area contributed by atoms with E-state index >= 15 is 0 Å². The zero-order valence-corrected chi connectivity index (χ0v) is 13.3. The van der Waals surface area contributed by atoms with Gasteiger partial charge in [-0.1, -0.05) is 64.5 Å². The van der Waals surface area contributed by atoms with Crippen LogP contribution in [0.15, 0.2) is 71.2 Å². The van der Waals surface area contributed by atoms with Crippen LogP contribution < -0.4 is 0 Å². The van der Waals surface area contributed by atoms with Crippen molar-refractivity contribution in [2.75, 3.05) is 0 Å². The third kappa shape index (κ3) is 1.53. The summed E-state index contributed by atoms with van der Waals surface area (Å²) in [5.41, 5.74) is 2.40. The maximum absolute atomic E-state index is 3.62. The smallest absolute Gasteiger partial charge is 0.0551 e. The van der Waals surface area contributed by atoms with Crippen molar-refractivity contribution in [3.05, 3.63) is 71.2 Å². The molecule has 22 heavy (non-hydrogen) atoms. The minimum atomic E-state index is 1.11. The Kier molecular flexibility index (Phi) is 2.42. The standard InChI is InChI=1S/C20H12BrN/c21-12-9-10-18-17(11-12)19-15-7-3-1-5-13(15)14-6-2-4-8-16(14)20(19)22-18/h1-11,22H. The van der Waals surface area contributed by atoms with Crippen LogP contribution in [0.4, 0.5) is 0 Å². The number of halogens is 1. The van der Waals surface area contributed by atoms with E-state index in [-0.39, 0.29) is 0 Å². The Morgan fingerprint density at radius 3 is 2.05 bits per heavy atom. The van der Waals surface area contributed by atoms with Crippen molar-refractivity contribution in [1.82, 2.24) is 4.98 Å². The molecule has 2 heteroatoms. The zero-order chi connectivity index (χ0) is 14.7. The van der Waals surface area contributed by atoms with Crippen molar-refractivity contribution in [2.45, 2.75) is 0 Å². The van der Waals surface area contributed by atoms with Gasteiger partial charge in [-0.25, -0.2) is 0 Å². The Morgan fingerprint density at radius 2 is 1.27 bits per heavy atom. The van der Waals surface area contributed by atoms with E-state index in [0.29, 0.717) is 0 Å². The highest BCUT2D eigenvalue weighted by molar-refractivity contribution is 9.10. The number of rotatable bonds is 0. The molecule has 0 atom stereocenters. The lowest BCUT2D eigenvalue weighted by Crippen LogP contribution is -1.80. The van der Waals surface area contributed by atoms with Crippen LogP contribution in [0.5, 0.6) is 0 Å². The van der Waals surface area contributed by atoms with Crippen molar-refractivity contribution in [1.29, 1.82) is 0 Å². The Labute approximate surface area is 135 Å². The molecule has 0 aliphatic rings. The number of fused-ring (bicyclic) bond motifs is 8. The number of benzene rings is 4. The molecule has 0 bridgehead atoms. The molecule has 5 aromatic rings. The van der Waals surface area contributed by atoms with E-state index in [0.717, 1.165) is 4.47 Å². The van der Waals surface area contributed by atoms with Crippen LogP contribution in [0.2, 0.25) is 0 Å². The van der Waals surface area contributed by atoms with Gasteiger partial charge in [0, 0.05) is 26.1 Å². The van der Waals surface area contributed by atoms with Crippen molar-refractivity contribution in [2.24, 2.45) is 0 Å². The summed E-state index contributed by atoms with van der Waals surface area (Å²) < 4.78 is 1.11. The van der Waals surface area contributed by atoms with Gasteiger partial charge < -0.3 is 4.98 Å². The average Bonchev–Trinajstić information content (AvgIpc) is 2.94. The minimum Gasteiger partial charge on any atom is -0.354 e. The normalized spacial score (nSPS) is 11.9. The quantitative estimate of drug-likeness (QED) is 0.313. The highest BCUT2D eigenvalue weighted by atomic mass is 79.9. The summed E-state index contributed by atoms with van der Waals surface area (Å²) >= 11 is 3.60. The molecule has 0 saturated carbocycles. The predicted molar refractivity (Wildman–Crippen MR) is 98.5 cm³/mol. The fourth-order valence-electron chi connectivity index (χ4n) is 3.52. The number of H-pyrrole nitrogens is 1. The molecule has 1 aromatic heterocycles. The SMILES string of the molecule is Brc1ccc2[nH]c3c4ccccc4c4ccccc4c3c2c1. The third-order valence-electron chi connectivity index (χ3n) is 4.44. The van der Waals surface area contributed by atoms with Gasteiger partial charge >= 0.3 is 0 Å². The average molecular weight is 346 g/mol. The van der Waals surface area contributed by atoms with E-state index in [1.165, 1.54) is 43.4 Å². The molecule has 5 rings (SSSR count). The molecule has 0 amide bonds. The predicted octanol–water partition coefficient (Wildman–Crippen LogP) is 6.39. The molecular formula is C20H12BrN. The van der Waals surface area contributed by atoms with Crippen LogP contribution in [0.25, 0.3) is 43.4 Å². The van der Waals surface area contributed by atoms with Crippen LogP contribution >= 0.6 is 15.9 Å². The van der Waals surface area contributed by atoms with E-state index in [1.54, 1.807) is 0 Å². The first-order chi connectivity index (χ1) is 10.8. The molecule has 1 nitrogen and oxygen atoms in total. The van der Waals surface area contributed by atoms with Gasteiger partial charge in [-0.2, -0.15) is 0 Å². The Bertz CT molecular complexity index is 1180. The molecule has 4 aromatic carbocycles. The lowest BCUT2D eigenvalue weighted by Gasteiger charge is -2.07. The van der Waals surface area contributed by atoms with E-state index < -0.39 is 0 Å². The fourth-order valence-corrected chi connectivity index (χ4v) is 3.88. The molecule has 0 unspecified atom stereocenters. The largest absolute Gasteiger partial charge is 0.354 e. The number of nitrogens with one attached hydrogen (secondary N) is 1. The molecule has 0 saturated heterocycles. The van der Waals surface area contributed by atoms with Crippen LogP contribution in [0, 0.1) is 0 Å². The maximum Gasteiger partial charge on any atom is 0.0551 e. The van der Waals surface area contributed by atoms with E-state index in [9.17, 15) is 0 Å². The highest BCUT2D eigenvalue weighted by Crippen LogP contribution is 2.39. The second-order valence-electron chi connectivity index (χ2n) is 5.66. The summed E-state index contributed by atoms with van der Waals surface area (Å²) in [6.45, 7) is 0. The summed E-state index contributed by atoms with van der Waals surface area (Å²) in [5.74, 6) is 0. The van der Waals surface area contributed by atoms with Gasteiger partial charge in [0.05, 0.1) is 5.52 Å². The maximum atomic E-state index is 3.62. The number of aromatic nitrogens is 1. The molecule has 0 aliphatic heterocycles. The van der Waals surface area contributed by atoms with Crippen molar-refractivity contribution >= 4 is 59.3 Å². The van der Waals surface area contributed by atoms with Gasteiger partial charge in [-0.3, -0.25) is 0 Å². The van der Waals surface area contributed by atoms with Crippen LogP contribution in [-0.2, 0) is 0 Å². The van der Waals surface area contributed by atoms with Crippen molar-refractivity contribution < 1.29 is 0 Å². The number of hydrogen-bond acceptors (Lipinski definition) is 0. The number of aromatic amines is 1. The second-order valence-corrected chi connectivity index (χ2v) is 6.57. The van der Waals surface area contributed by atoms with Crippen molar-refractivity contribution in [3.63, 3.8) is 0 Å². The molecule has 1 heterocycles. The summed E-state index contributed by atoms with van der Waals surface area (Å²) in [6.07, 6.45) is 0. The Balaban J connectivity index is 2.22. The molecular weight excluding hydrogens is 334 g/mol. The zero-order valence-electron chi connectivity index (χ0n) is 11.7. The Morgan fingerprint density at radius 1 is 0.636 bits per heavy atom. The van der Waals surface area contributed by atoms with Crippen LogP contribution in [-0.4, -0.2) is 4.98 Å². The minimum absolute atomic E-state index is 1.11. The molecule has 0 fully saturated rings. The molecule has 104 valence electrons. The summed E-state index contributed by atoms with van der Waals surface area (Å²) in [5, 5.41) is 7.78. The second kappa shape index (κ2) is 4.34. The van der Waals surface area contributed by atoms with Gasteiger partial charge in [0.2, 0.25) is 0 Å². The summed E-state index contributed by atoms with van der Waals surface area (Å²) in [4.78, 5) is 3.62. The van der Waals surface area contributed by atoms with Crippen LogP contribution in [0.1, 0.15) is 0 Å². The third-order valence-corrected chi connectivity index (χ3v) is 4.94. The van der Waals surface area contributed by atoms with Gasteiger partial charge in [0.1, 0.15) is 0 Å². The van der Waals surface area contributed by atoms with Crippen molar-refractivity contribution in [3.8, 4) is 0 Å². The first kappa shape index (κ1) is 12.2. The molecule has 0 aliphatic carbocycles. The highest BCUT2D eigenvalue weighted by Gasteiger charge is 2.13. The van der Waals surface area contributed by atoms with Gasteiger partial charge in [0.25, 0.3) is 0 Å². The topological polar surface area (TPSA) is 15.8 Å². The first-order valence-corrected chi connectivity index (χ1v) is 8.12. The van der Waals surface area contributed by atoms with Gasteiger partial charge in [0.15, 0.2) is 0 Å². The van der Waals surface area contributed by atoms with E-state index in [1.807, 2.05) is 0 Å². The summed E-state index contributed by atoms with van der Waals surface area (Å²) in [7, 11) is 0. The van der Waals surface area contributed by atoms with Gasteiger partial charge in [-0.05, 0) is 34.4 Å². The lowest BCUT2D eigenvalue weighted by molar-refractivity contribution is 1.56. The van der Waals surface area contributed by atoms with Gasteiger partial charge in [-0.15, -0.1) is 0 Å².